The molecular weight excluding hydrogens is 395 g/mol. The van der Waals surface area contributed by atoms with Crippen molar-refractivity contribution in [3.63, 3.8) is 0 Å². The van der Waals surface area contributed by atoms with E-state index in [2.05, 4.69) is 10.2 Å². The normalized spacial score (nSPS) is 14.7. The molecule has 0 atom stereocenters. The Balaban J connectivity index is 1.50. The summed E-state index contributed by atoms with van der Waals surface area (Å²) >= 11 is 6.43. The fraction of sp³-hybridized carbons (Fsp3) is 0.455. The number of hydrogen-bond donors (Lipinski definition) is 1. The van der Waals surface area contributed by atoms with Crippen LogP contribution in [0, 0.1) is 5.82 Å². The molecule has 0 bridgehead atoms. The minimum absolute atomic E-state index is 0.110. The van der Waals surface area contributed by atoms with Crippen LogP contribution in [0.2, 0.25) is 5.02 Å². The topological polar surface area (TPSA) is 43.0 Å². The van der Waals surface area contributed by atoms with Gasteiger partial charge in [0.05, 0.1) is 20.3 Å². The molecule has 1 fully saturated rings. The van der Waals surface area contributed by atoms with Gasteiger partial charge in [-0.15, -0.1) is 0 Å². The van der Waals surface area contributed by atoms with Crippen molar-refractivity contribution in [2.45, 2.75) is 19.6 Å². The van der Waals surface area contributed by atoms with Crippen LogP contribution in [-0.2, 0) is 17.9 Å². The number of nitrogens with zero attached hydrogens (tertiary/aromatic N) is 1. The van der Waals surface area contributed by atoms with E-state index in [1.54, 1.807) is 31.4 Å². The number of halogens is 2. The zero-order chi connectivity index (χ0) is 20.5. The summed E-state index contributed by atoms with van der Waals surface area (Å²) in [4.78, 5) is 2.42. The van der Waals surface area contributed by atoms with E-state index < -0.39 is 0 Å². The van der Waals surface area contributed by atoms with Crippen molar-refractivity contribution in [1.29, 1.82) is 0 Å². The van der Waals surface area contributed by atoms with Crippen LogP contribution in [0.25, 0.3) is 0 Å². The monoisotopic (exact) mass is 422 g/mol. The number of ether oxygens (including phenoxy) is 3. The van der Waals surface area contributed by atoms with Gasteiger partial charge in [-0.1, -0.05) is 29.8 Å². The Kier molecular flexibility index (Phi) is 8.55. The molecule has 2 aromatic rings. The standard InChI is InChI=1S/C22H28ClFN2O3/c1-27-21-13-18(15-25-7-4-8-26-9-11-28-12-10-26)19(23)14-22(21)29-16-17-5-2-3-6-20(17)24/h2-3,5-6,13-14,25H,4,7-12,15-16H2,1H3. The van der Waals surface area contributed by atoms with Gasteiger partial charge in [0.1, 0.15) is 12.4 Å². The summed E-state index contributed by atoms with van der Waals surface area (Å²) in [6.45, 7) is 6.40. The molecule has 1 heterocycles. The highest BCUT2D eigenvalue weighted by Gasteiger charge is 2.12. The minimum Gasteiger partial charge on any atom is -0.493 e. The van der Waals surface area contributed by atoms with E-state index in [0.717, 1.165) is 51.4 Å². The van der Waals surface area contributed by atoms with E-state index >= 15 is 0 Å². The van der Waals surface area contributed by atoms with Crippen molar-refractivity contribution in [1.82, 2.24) is 10.2 Å². The zero-order valence-electron chi connectivity index (χ0n) is 16.8. The molecule has 29 heavy (non-hydrogen) atoms. The molecule has 0 amide bonds. The third-order valence-corrected chi connectivity index (χ3v) is 5.27. The average molecular weight is 423 g/mol. The molecule has 3 rings (SSSR count). The van der Waals surface area contributed by atoms with E-state index in [1.165, 1.54) is 6.07 Å². The van der Waals surface area contributed by atoms with Crippen molar-refractivity contribution in [3.8, 4) is 11.5 Å². The van der Waals surface area contributed by atoms with Crippen LogP contribution in [0.5, 0.6) is 11.5 Å². The fourth-order valence-electron chi connectivity index (χ4n) is 3.23. The summed E-state index contributed by atoms with van der Waals surface area (Å²) in [5, 5.41) is 4.02. The smallest absolute Gasteiger partial charge is 0.163 e. The first kappa shape index (κ1) is 21.8. The second-order valence-electron chi connectivity index (χ2n) is 6.96. The summed E-state index contributed by atoms with van der Waals surface area (Å²) < 4.78 is 30.3. The summed E-state index contributed by atoms with van der Waals surface area (Å²) in [6, 6.07) is 10.1. The van der Waals surface area contributed by atoms with Crippen molar-refractivity contribution < 1.29 is 18.6 Å². The third kappa shape index (κ3) is 6.57. The van der Waals surface area contributed by atoms with Gasteiger partial charge in [-0.25, -0.2) is 4.39 Å². The Morgan fingerprint density at radius 1 is 1.14 bits per heavy atom. The lowest BCUT2D eigenvalue weighted by molar-refractivity contribution is 0.0374. The van der Waals surface area contributed by atoms with Gasteiger partial charge in [0.25, 0.3) is 0 Å². The first-order chi connectivity index (χ1) is 14.2. The van der Waals surface area contributed by atoms with Crippen LogP contribution in [0.3, 0.4) is 0 Å². The molecule has 1 aliphatic heterocycles. The molecular formula is C22H28ClFN2O3. The van der Waals surface area contributed by atoms with Gasteiger partial charge in [-0.05, 0) is 37.2 Å². The van der Waals surface area contributed by atoms with Gasteiger partial charge < -0.3 is 19.5 Å². The number of benzene rings is 2. The molecule has 1 N–H and O–H groups in total. The molecule has 7 heteroatoms. The number of methoxy groups -OCH3 is 1. The number of hydrogen-bond acceptors (Lipinski definition) is 5. The largest absolute Gasteiger partial charge is 0.493 e. The van der Waals surface area contributed by atoms with Crippen LogP contribution in [0.4, 0.5) is 4.39 Å². The Bertz CT molecular complexity index is 785. The molecule has 5 nitrogen and oxygen atoms in total. The Hall–Kier alpha value is -1.86. The second kappa shape index (κ2) is 11.4. The molecule has 2 aromatic carbocycles. The van der Waals surface area contributed by atoms with Gasteiger partial charge in [0, 0.05) is 36.3 Å². The number of morpholine rings is 1. The SMILES string of the molecule is COc1cc(CNCCCN2CCOCC2)c(Cl)cc1OCc1ccccc1F. The lowest BCUT2D eigenvalue weighted by Crippen LogP contribution is -2.37. The van der Waals surface area contributed by atoms with Crippen LogP contribution < -0.4 is 14.8 Å². The summed E-state index contributed by atoms with van der Waals surface area (Å²) in [7, 11) is 1.58. The predicted octanol–water partition coefficient (Wildman–Crippen LogP) is 3.88. The summed E-state index contributed by atoms with van der Waals surface area (Å²) in [5.74, 6) is 0.781. The van der Waals surface area contributed by atoms with E-state index in [9.17, 15) is 4.39 Å². The summed E-state index contributed by atoms with van der Waals surface area (Å²) in [5.41, 5.74) is 1.42. The van der Waals surface area contributed by atoms with E-state index in [0.29, 0.717) is 28.6 Å². The Labute approximate surface area is 176 Å². The summed E-state index contributed by atoms with van der Waals surface area (Å²) in [6.07, 6.45) is 1.07. The van der Waals surface area contributed by atoms with E-state index in [4.69, 9.17) is 25.8 Å². The van der Waals surface area contributed by atoms with Gasteiger partial charge in [0.15, 0.2) is 11.5 Å². The lowest BCUT2D eigenvalue weighted by atomic mass is 10.2. The zero-order valence-corrected chi connectivity index (χ0v) is 17.5. The van der Waals surface area contributed by atoms with E-state index in [1.807, 2.05) is 6.07 Å². The molecule has 158 valence electrons. The van der Waals surface area contributed by atoms with Gasteiger partial charge in [-0.3, -0.25) is 4.90 Å². The molecule has 1 saturated heterocycles. The van der Waals surface area contributed by atoms with Crippen molar-refractivity contribution in [2.24, 2.45) is 0 Å². The van der Waals surface area contributed by atoms with E-state index in [-0.39, 0.29) is 12.4 Å². The highest BCUT2D eigenvalue weighted by Crippen LogP contribution is 2.34. The second-order valence-corrected chi connectivity index (χ2v) is 7.37. The lowest BCUT2D eigenvalue weighted by Gasteiger charge is -2.26. The first-order valence-electron chi connectivity index (χ1n) is 9.91. The molecule has 0 unspecified atom stereocenters. The van der Waals surface area contributed by atoms with Crippen LogP contribution >= 0.6 is 11.6 Å². The maximum atomic E-state index is 13.8. The maximum absolute atomic E-state index is 13.8. The van der Waals surface area contributed by atoms with Gasteiger partial charge in [-0.2, -0.15) is 0 Å². The molecule has 0 aromatic heterocycles. The number of rotatable bonds is 10. The first-order valence-corrected chi connectivity index (χ1v) is 10.3. The average Bonchev–Trinajstić information content (AvgIpc) is 2.74. The van der Waals surface area contributed by atoms with Crippen molar-refractivity contribution >= 4 is 11.6 Å². The van der Waals surface area contributed by atoms with Crippen molar-refractivity contribution in [2.75, 3.05) is 46.5 Å². The van der Waals surface area contributed by atoms with Gasteiger partial charge in [0.2, 0.25) is 0 Å². The third-order valence-electron chi connectivity index (χ3n) is 4.92. The molecule has 0 aliphatic carbocycles. The Morgan fingerprint density at radius 3 is 2.69 bits per heavy atom. The quantitative estimate of drug-likeness (QED) is 0.588. The molecule has 0 radical (unpaired) electrons. The minimum atomic E-state index is -0.296. The van der Waals surface area contributed by atoms with Crippen molar-refractivity contribution in [3.05, 3.63) is 58.4 Å². The van der Waals surface area contributed by atoms with Crippen LogP contribution in [0.1, 0.15) is 17.5 Å². The van der Waals surface area contributed by atoms with Crippen LogP contribution in [0.15, 0.2) is 36.4 Å². The molecule has 1 aliphatic rings. The maximum Gasteiger partial charge on any atom is 0.163 e. The van der Waals surface area contributed by atoms with Crippen LogP contribution in [-0.4, -0.2) is 51.4 Å². The highest BCUT2D eigenvalue weighted by molar-refractivity contribution is 6.31. The highest BCUT2D eigenvalue weighted by atomic mass is 35.5. The van der Waals surface area contributed by atoms with Gasteiger partial charge >= 0.3 is 0 Å². The Morgan fingerprint density at radius 2 is 1.93 bits per heavy atom. The fourth-order valence-corrected chi connectivity index (χ4v) is 3.45. The number of nitrogens with one attached hydrogen (secondary N) is 1. The predicted molar refractivity (Wildman–Crippen MR) is 112 cm³/mol. The molecule has 0 saturated carbocycles. The molecule has 0 spiro atoms.